The van der Waals surface area contributed by atoms with E-state index < -0.39 is 22.0 Å². The van der Waals surface area contributed by atoms with Crippen molar-refractivity contribution in [3.63, 3.8) is 0 Å². The fourth-order valence-corrected chi connectivity index (χ4v) is 3.34. The third-order valence-electron chi connectivity index (χ3n) is 2.60. The number of benzene rings is 1. The van der Waals surface area contributed by atoms with E-state index in [2.05, 4.69) is 20.7 Å². The van der Waals surface area contributed by atoms with Crippen LogP contribution in [0.3, 0.4) is 0 Å². The van der Waals surface area contributed by atoms with Gasteiger partial charge in [0.05, 0.1) is 5.75 Å². The molecule has 0 aliphatic carbocycles. The van der Waals surface area contributed by atoms with Crippen molar-refractivity contribution in [1.82, 2.24) is 4.72 Å². The third kappa shape index (κ3) is 6.02. The van der Waals surface area contributed by atoms with Crippen LogP contribution in [0.4, 0.5) is 0 Å². The van der Waals surface area contributed by atoms with Crippen molar-refractivity contribution in [2.45, 2.75) is 32.1 Å². The summed E-state index contributed by atoms with van der Waals surface area (Å²) in [6.45, 7) is 3.69. The Morgan fingerprint density at radius 3 is 2.30 bits per heavy atom. The van der Waals surface area contributed by atoms with Crippen molar-refractivity contribution in [3.8, 4) is 0 Å². The number of nitrogens with one attached hydrogen (secondary N) is 1. The molecule has 0 aliphatic rings. The van der Waals surface area contributed by atoms with Crippen molar-refractivity contribution in [2.24, 2.45) is 5.92 Å². The van der Waals surface area contributed by atoms with Gasteiger partial charge in [-0.1, -0.05) is 41.9 Å². The van der Waals surface area contributed by atoms with Crippen LogP contribution >= 0.6 is 15.9 Å². The van der Waals surface area contributed by atoms with Gasteiger partial charge in [0.1, 0.15) is 6.04 Å². The van der Waals surface area contributed by atoms with Gasteiger partial charge < -0.3 is 5.11 Å². The smallest absolute Gasteiger partial charge is 0.321 e. The number of hydrogen-bond donors (Lipinski definition) is 2. The summed E-state index contributed by atoms with van der Waals surface area (Å²) in [5.74, 6) is -1.30. The third-order valence-corrected chi connectivity index (χ3v) is 4.48. The first kappa shape index (κ1) is 17.1. The number of halogens is 1. The molecule has 0 saturated heterocycles. The van der Waals surface area contributed by atoms with Crippen molar-refractivity contribution >= 4 is 31.9 Å². The Balaban J connectivity index is 2.77. The first-order chi connectivity index (χ1) is 9.19. The van der Waals surface area contributed by atoms with E-state index in [0.29, 0.717) is 5.56 Å². The Morgan fingerprint density at radius 1 is 1.30 bits per heavy atom. The molecule has 0 unspecified atom stereocenters. The molecule has 20 heavy (non-hydrogen) atoms. The molecule has 1 aromatic rings. The van der Waals surface area contributed by atoms with E-state index in [1.165, 1.54) is 0 Å². The summed E-state index contributed by atoms with van der Waals surface area (Å²) in [7, 11) is -3.68. The van der Waals surface area contributed by atoms with Gasteiger partial charge in [-0.25, -0.2) is 13.1 Å². The molecule has 0 amide bonds. The zero-order valence-electron chi connectivity index (χ0n) is 11.3. The lowest BCUT2D eigenvalue weighted by atomic mass is 10.1. The average Bonchev–Trinajstić information content (AvgIpc) is 2.30. The summed E-state index contributed by atoms with van der Waals surface area (Å²) in [5, 5.41) is 9.05. The largest absolute Gasteiger partial charge is 0.480 e. The Labute approximate surface area is 127 Å². The van der Waals surface area contributed by atoms with Crippen molar-refractivity contribution in [1.29, 1.82) is 0 Å². The lowest BCUT2D eigenvalue weighted by molar-refractivity contribution is -0.139. The number of carboxylic acids is 1. The molecular weight excluding hydrogens is 346 g/mol. The summed E-state index contributed by atoms with van der Waals surface area (Å²) in [4.78, 5) is 11.1. The summed E-state index contributed by atoms with van der Waals surface area (Å²) in [5.41, 5.74) is 0.606. The summed E-state index contributed by atoms with van der Waals surface area (Å²) in [6.07, 6.45) is 0.259. The van der Waals surface area contributed by atoms with Gasteiger partial charge in [0.2, 0.25) is 10.0 Å². The van der Waals surface area contributed by atoms with Gasteiger partial charge in [0.15, 0.2) is 0 Å². The highest BCUT2D eigenvalue weighted by molar-refractivity contribution is 9.10. The molecule has 0 spiro atoms. The fraction of sp³-hybridized carbons (Fsp3) is 0.462. The van der Waals surface area contributed by atoms with Gasteiger partial charge >= 0.3 is 5.97 Å². The Hall–Kier alpha value is -0.920. The van der Waals surface area contributed by atoms with Crippen molar-refractivity contribution in [2.75, 3.05) is 0 Å². The molecule has 0 radical (unpaired) electrons. The Morgan fingerprint density at radius 2 is 1.85 bits per heavy atom. The van der Waals surface area contributed by atoms with Crippen LogP contribution in [0.15, 0.2) is 28.7 Å². The fourth-order valence-electron chi connectivity index (χ4n) is 1.73. The number of hydrogen-bond acceptors (Lipinski definition) is 3. The topological polar surface area (TPSA) is 83.5 Å². The van der Waals surface area contributed by atoms with Crippen molar-refractivity contribution < 1.29 is 18.3 Å². The quantitative estimate of drug-likeness (QED) is 0.778. The molecule has 1 atom stereocenters. The molecular formula is C13H18BrNO4S. The molecule has 0 heterocycles. The first-order valence-corrected chi connectivity index (χ1v) is 8.61. The first-order valence-electron chi connectivity index (χ1n) is 6.17. The van der Waals surface area contributed by atoms with Crippen LogP contribution in [0.5, 0.6) is 0 Å². The zero-order chi connectivity index (χ0) is 15.3. The van der Waals surface area contributed by atoms with E-state index in [-0.39, 0.29) is 18.1 Å². The normalized spacial score (nSPS) is 13.4. The highest BCUT2D eigenvalue weighted by atomic mass is 79.9. The number of carbonyl (C=O) groups is 1. The van der Waals surface area contributed by atoms with E-state index in [9.17, 15) is 13.2 Å². The highest BCUT2D eigenvalue weighted by Crippen LogP contribution is 2.13. The Bertz CT molecular complexity index is 554. The van der Waals surface area contributed by atoms with E-state index in [1.54, 1.807) is 24.3 Å². The number of aliphatic carboxylic acids is 1. The minimum absolute atomic E-state index is 0.0893. The van der Waals surface area contributed by atoms with Crippen LogP contribution in [-0.2, 0) is 20.6 Å². The number of carboxylic acid groups (broad SMARTS) is 1. The van der Waals surface area contributed by atoms with Crippen LogP contribution in [0, 0.1) is 5.92 Å². The molecule has 5 nitrogen and oxygen atoms in total. The highest BCUT2D eigenvalue weighted by Gasteiger charge is 2.24. The van der Waals surface area contributed by atoms with Gasteiger partial charge in [-0.2, -0.15) is 0 Å². The minimum atomic E-state index is -3.68. The standard InChI is InChI=1S/C13H18BrNO4S/c1-9(2)7-12(13(16)17)15-20(18,19)8-10-3-5-11(14)6-4-10/h3-6,9,12,15H,7-8H2,1-2H3,(H,16,17)/t12-/m1/s1. The second-order valence-corrected chi connectivity index (χ2v) is 7.69. The summed E-state index contributed by atoms with van der Waals surface area (Å²) >= 11 is 3.27. The molecule has 0 aliphatic heterocycles. The SMILES string of the molecule is CC(C)C[C@@H](NS(=O)(=O)Cc1ccc(Br)cc1)C(=O)O. The predicted molar refractivity (Wildman–Crippen MR) is 80.8 cm³/mol. The van der Waals surface area contributed by atoms with E-state index >= 15 is 0 Å². The molecule has 1 rings (SSSR count). The average molecular weight is 364 g/mol. The van der Waals surface area contributed by atoms with Gasteiger partial charge in [0.25, 0.3) is 0 Å². The van der Waals surface area contributed by atoms with E-state index in [0.717, 1.165) is 4.47 Å². The maximum atomic E-state index is 12.0. The van der Waals surface area contributed by atoms with E-state index in [1.807, 2.05) is 13.8 Å². The van der Waals surface area contributed by atoms with E-state index in [4.69, 9.17) is 5.11 Å². The maximum Gasteiger partial charge on any atom is 0.321 e. The number of rotatable bonds is 7. The lowest BCUT2D eigenvalue weighted by Crippen LogP contribution is -2.42. The zero-order valence-corrected chi connectivity index (χ0v) is 13.7. The molecule has 112 valence electrons. The number of sulfonamides is 1. The van der Waals surface area contributed by atoms with Crippen LogP contribution in [0.1, 0.15) is 25.8 Å². The molecule has 7 heteroatoms. The molecule has 1 aromatic carbocycles. The summed E-state index contributed by atoms with van der Waals surface area (Å²) in [6, 6.07) is 5.76. The molecule has 0 aromatic heterocycles. The molecule has 0 saturated carbocycles. The predicted octanol–water partition coefficient (Wildman–Crippen LogP) is 2.37. The summed E-state index contributed by atoms with van der Waals surface area (Å²) < 4.78 is 27.1. The Kier molecular flexibility index (Phi) is 6.16. The van der Waals surface area contributed by atoms with Gasteiger partial charge in [-0.3, -0.25) is 4.79 Å². The van der Waals surface area contributed by atoms with Gasteiger partial charge in [-0.05, 0) is 30.0 Å². The van der Waals surface area contributed by atoms with Crippen LogP contribution in [0.25, 0.3) is 0 Å². The minimum Gasteiger partial charge on any atom is -0.480 e. The molecule has 0 fully saturated rings. The molecule has 2 N–H and O–H groups in total. The maximum absolute atomic E-state index is 12.0. The van der Waals surface area contributed by atoms with Gasteiger partial charge in [-0.15, -0.1) is 0 Å². The van der Waals surface area contributed by atoms with Crippen LogP contribution < -0.4 is 4.72 Å². The monoisotopic (exact) mass is 363 g/mol. The second-order valence-electron chi connectivity index (χ2n) is 5.02. The van der Waals surface area contributed by atoms with Gasteiger partial charge in [0, 0.05) is 4.47 Å². The van der Waals surface area contributed by atoms with Crippen LogP contribution in [-0.4, -0.2) is 25.5 Å². The van der Waals surface area contributed by atoms with Crippen molar-refractivity contribution in [3.05, 3.63) is 34.3 Å². The molecule has 0 bridgehead atoms. The second kappa shape index (κ2) is 7.19. The van der Waals surface area contributed by atoms with Crippen LogP contribution in [0.2, 0.25) is 0 Å². The lowest BCUT2D eigenvalue weighted by Gasteiger charge is -2.16.